The third kappa shape index (κ3) is 14.4. The van der Waals surface area contributed by atoms with Gasteiger partial charge in [-0.15, -0.1) is 0 Å². The maximum Gasteiger partial charge on any atom is 0.223 e. The number of ketones is 2. The molecule has 0 atom stereocenters. The van der Waals surface area contributed by atoms with Crippen LogP contribution in [0, 0.1) is 16.7 Å². The highest BCUT2D eigenvalue weighted by Crippen LogP contribution is 2.20. The lowest BCUT2D eigenvalue weighted by atomic mass is 9.89. The molecule has 0 aliphatic carbocycles. The SMILES string of the molecule is CC(C)C(=O)CCOCCN(CCOCCC(=O)C(C)(C)C)C(=O)CC(C)(C)C. The lowest BCUT2D eigenvalue weighted by Gasteiger charge is -2.27. The van der Waals surface area contributed by atoms with Crippen molar-refractivity contribution in [2.24, 2.45) is 16.7 Å². The van der Waals surface area contributed by atoms with Gasteiger partial charge >= 0.3 is 0 Å². The van der Waals surface area contributed by atoms with Crippen LogP contribution in [0.25, 0.3) is 0 Å². The van der Waals surface area contributed by atoms with E-state index in [1.54, 1.807) is 4.90 Å². The smallest absolute Gasteiger partial charge is 0.223 e. The first kappa shape index (κ1) is 27.7. The largest absolute Gasteiger partial charge is 0.379 e. The fourth-order valence-corrected chi connectivity index (χ4v) is 2.48. The van der Waals surface area contributed by atoms with E-state index in [1.165, 1.54) is 0 Å². The lowest BCUT2D eigenvalue weighted by Crippen LogP contribution is -2.38. The van der Waals surface area contributed by atoms with Gasteiger partial charge in [-0.05, 0) is 5.41 Å². The fourth-order valence-electron chi connectivity index (χ4n) is 2.48. The number of carbonyl (C=O) groups is 3. The number of amides is 1. The zero-order chi connectivity index (χ0) is 22.7. The van der Waals surface area contributed by atoms with Gasteiger partial charge in [0.05, 0.1) is 26.4 Å². The Kier molecular flexibility index (Phi) is 12.5. The highest BCUT2D eigenvalue weighted by molar-refractivity contribution is 5.83. The number of nitrogens with zero attached hydrogens (tertiary/aromatic N) is 1. The van der Waals surface area contributed by atoms with Crippen molar-refractivity contribution in [2.75, 3.05) is 39.5 Å². The van der Waals surface area contributed by atoms with Gasteiger partial charge in [-0.2, -0.15) is 0 Å². The van der Waals surface area contributed by atoms with E-state index < -0.39 is 0 Å². The van der Waals surface area contributed by atoms with Gasteiger partial charge in [-0.3, -0.25) is 14.4 Å². The summed E-state index contributed by atoms with van der Waals surface area (Å²) in [6.45, 7) is 18.0. The monoisotopic (exact) mass is 413 g/mol. The van der Waals surface area contributed by atoms with Crippen molar-refractivity contribution >= 4 is 17.5 Å². The number of hydrogen-bond donors (Lipinski definition) is 0. The van der Waals surface area contributed by atoms with E-state index in [2.05, 4.69) is 0 Å². The van der Waals surface area contributed by atoms with Gasteiger partial charge in [0.25, 0.3) is 0 Å². The number of carbonyl (C=O) groups excluding carboxylic acids is 3. The fraction of sp³-hybridized carbons (Fsp3) is 0.870. The van der Waals surface area contributed by atoms with Gasteiger partial charge in [0.15, 0.2) is 0 Å². The standard InChI is InChI=1S/C23H43NO5/c1-18(2)19(25)9-13-28-15-11-24(21(27)17-22(3,4)5)12-16-29-14-10-20(26)23(6,7)8/h18H,9-17H2,1-8H3. The second-order valence-corrected chi connectivity index (χ2v) is 10.1. The highest BCUT2D eigenvalue weighted by Gasteiger charge is 2.22. The molecular weight excluding hydrogens is 370 g/mol. The molecule has 0 radical (unpaired) electrons. The molecule has 6 heteroatoms. The third-order valence-electron chi connectivity index (χ3n) is 4.49. The van der Waals surface area contributed by atoms with Crippen molar-refractivity contribution in [3.05, 3.63) is 0 Å². The van der Waals surface area contributed by atoms with Gasteiger partial charge in [-0.1, -0.05) is 55.4 Å². The lowest BCUT2D eigenvalue weighted by molar-refractivity contribution is -0.135. The van der Waals surface area contributed by atoms with Crippen LogP contribution in [0.4, 0.5) is 0 Å². The Balaban J connectivity index is 4.39. The topological polar surface area (TPSA) is 72.9 Å². The summed E-state index contributed by atoms with van der Waals surface area (Å²) in [5.41, 5.74) is -0.452. The molecule has 0 fully saturated rings. The Bertz CT molecular complexity index is 514. The average molecular weight is 414 g/mol. The van der Waals surface area contributed by atoms with Crippen molar-refractivity contribution in [3.63, 3.8) is 0 Å². The molecule has 0 saturated heterocycles. The minimum absolute atomic E-state index is 0.0192. The van der Waals surface area contributed by atoms with Gasteiger partial charge in [0, 0.05) is 43.7 Å². The summed E-state index contributed by atoms with van der Waals surface area (Å²) in [5, 5.41) is 0. The molecule has 0 N–H and O–H groups in total. The van der Waals surface area contributed by atoms with Gasteiger partial charge < -0.3 is 14.4 Å². The van der Waals surface area contributed by atoms with Gasteiger partial charge in [0.2, 0.25) is 5.91 Å². The summed E-state index contributed by atoms with van der Waals surface area (Å²) in [7, 11) is 0. The minimum atomic E-state index is -0.355. The van der Waals surface area contributed by atoms with E-state index >= 15 is 0 Å². The Labute approximate surface area is 177 Å². The number of rotatable bonds is 14. The first-order valence-corrected chi connectivity index (χ1v) is 10.7. The van der Waals surface area contributed by atoms with E-state index in [4.69, 9.17) is 9.47 Å². The van der Waals surface area contributed by atoms with Crippen LogP contribution in [0.15, 0.2) is 0 Å². The summed E-state index contributed by atoms with van der Waals surface area (Å²) < 4.78 is 11.2. The summed E-state index contributed by atoms with van der Waals surface area (Å²) >= 11 is 0. The van der Waals surface area contributed by atoms with E-state index in [0.29, 0.717) is 58.8 Å². The normalized spacial score (nSPS) is 12.3. The van der Waals surface area contributed by atoms with Crippen LogP contribution < -0.4 is 0 Å². The van der Waals surface area contributed by atoms with Crippen LogP contribution in [0.3, 0.4) is 0 Å². The van der Waals surface area contributed by atoms with Crippen molar-refractivity contribution in [1.82, 2.24) is 4.90 Å². The van der Waals surface area contributed by atoms with Crippen LogP contribution in [-0.2, 0) is 23.9 Å². The Hall–Kier alpha value is -1.27. The second-order valence-electron chi connectivity index (χ2n) is 10.1. The Morgan fingerprint density at radius 3 is 1.69 bits per heavy atom. The summed E-state index contributed by atoms with van der Waals surface area (Å²) in [5.74, 6) is 0.436. The highest BCUT2D eigenvalue weighted by atomic mass is 16.5. The molecule has 29 heavy (non-hydrogen) atoms. The minimum Gasteiger partial charge on any atom is -0.379 e. The van der Waals surface area contributed by atoms with E-state index in [9.17, 15) is 14.4 Å². The van der Waals surface area contributed by atoms with Crippen LogP contribution in [-0.4, -0.2) is 61.9 Å². The molecule has 170 valence electrons. The maximum atomic E-state index is 12.6. The van der Waals surface area contributed by atoms with Gasteiger partial charge in [0.1, 0.15) is 11.6 Å². The predicted octanol–water partition coefficient (Wildman–Crippen LogP) is 3.90. The number of Topliss-reactive ketones (excluding diaryl/α,β-unsaturated/α-hetero) is 2. The molecule has 0 aromatic carbocycles. The molecule has 0 saturated carbocycles. The Morgan fingerprint density at radius 2 is 1.28 bits per heavy atom. The molecule has 0 aliphatic rings. The second kappa shape index (κ2) is 13.1. The summed E-state index contributed by atoms with van der Waals surface area (Å²) in [6, 6.07) is 0. The van der Waals surface area contributed by atoms with Gasteiger partial charge in [-0.25, -0.2) is 0 Å². The van der Waals surface area contributed by atoms with E-state index in [-0.39, 0.29) is 34.2 Å². The van der Waals surface area contributed by atoms with E-state index in [1.807, 2.05) is 55.4 Å². The maximum absolute atomic E-state index is 12.6. The molecule has 0 aromatic heterocycles. The molecular formula is C23H43NO5. The Morgan fingerprint density at radius 1 is 0.793 bits per heavy atom. The van der Waals surface area contributed by atoms with Crippen molar-refractivity contribution in [2.45, 2.75) is 74.7 Å². The zero-order valence-electron chi connectivity index (χ0n) is 19.9. The van der Waals surface area contributed by atoms with Crippen LogP contribution in [0.1, 0.15) is 74.7 Å². The van der Waals surface area contributed by atoms with Crippen LogP contribution in [0.2, 0.25) is 0 Å². The van der Waals surface area contributed by atoms with E-state index in [0.717, 1.165) is 0 Å². The molecule has 1 amide bonds. The first-order valence-electron chi connectivity index (χ1n) is 10.7. The van der Waals surface area contributed by atoms with Crippen molar-refractivity contribution < 1.29 is 23.9 Å². The zero-order valence-corrected chi connectivity index (χ0v) is 19.9. The van der Waals surface area contributed by atoms with Crippen molar-refractivity contribution in [3.8, 4) is 0 Å². The third-order valence-corrected chi connectivity index (χ3v) is 4.49. The molecule has 0 unspecified atom stereocenters. The number of hydrogen-bond acceptors (Lipinski definition) is 5. The molecule has 0 heterocycles. The molecule has 0 spiro atoms. The average Bonchev–Trinajstić information content (AvgIpc) is 2.56. The van der Waals surface area contributed by atoms with Crippen molar-refractivity contribution in [1.29, 1.82) is 0 Å². The molecule has 0 aromatic rings. The van der Waals surface area contributed by atoms with Crippen LogP contribution in [0.5, 0.6) is 0 Å². The van der Waals surface area contributed by atoms with Crippen LogP contribution >= 0.6 is 0 Å². The molecule has 0 aliphatic heterocycles. The molecule has 0 bridgehead atoms. The molecule has 0 rings (SSSR count). The predicted molar refractivity (Wildman–Crippen MR) is 116 cm³/mol. The first-order chi connectivity index (χ1) is 13.2. The summed E-state index contributed by atoms with van der Waals surface area (Å²) in [6.07, 6.45) is 1.23. The summed E-state index contributed by atoms with van der Waals surface area (Å²) in [4.78, 5) is 37.9. The molecule has 6 nitrogen and oxygen atoms in total. The number of ether oxygens (including phenoxy) is 2. The quantitative estimate of drug-likeness (QED) is 0.404.